The van der Waals surface area contributed by atoms with E-state index in [1.165, 1.54) is 11.3 Å². The number of rotatable bonds is 3. The smallest absolute Gasteiger partial charge is 0.305 e. The van der Waals surface area contributed by atoms with Gasteiger partial charge in [0.25, 0.3) is 0 Å². The molecule has 0 bridgehead atoms. The van der Waals surface area contributed by atoms with E-state index in [1.54, 1.807) is 5.51 Å². The van der Waals surface area contributed by atoms with Gasteiger partial charge in [0.2, 0.25) is 5.13 Å². The van der Waals surface area contributed by atoms with Crippen molar-refractivity contribution in [2.24, 2.45) is 0 Å². The minimum atomic E-state index is -0.819. The van der Waals surface area contributed by atoms with Crippen LogP contribution in [-0.2, 0) is 9.53 Å². The van der Waals surface area contributed by atoms with Gasteiger partial charge in [-0.15, -0.1) is 10.2 Å². The Morgan fingerprint density at radius 1 is 1.80 bits per heavy atom. The van der Waals surface area contributed by atoms with Crippen LogP contribution in [0.3, 0.4) is 0 Å². The Labute approximate surface area is 90.5 Å². The van der Waals surface area contributed by atoms with Gasteiger partial charge in [-0.05, 0) is 0 Å². The van der Waals surface area contributed by atoms with Crippen molar-refractivity contribution in [1.29, 1.82) is 0 Å². The Morgan fingerprint density at radius 3 is 3.33 bits per heavy atom. The fourth-order valence-electron chi connectivity index (χ4n) is 1.57. The molecule has 1 aromatic heterocycles. The maximum atomic E-state index is 10.7. The summed E-state index contributed by atoms with van der Waals surface area (Å²) in [6.45, 7) is 1.72. The summed E-state index contributed by atoms with van der Waals surface area (Å²) >= 11 is 1.42. The quantitative estimate of drug-likeness (QED) is 0.799. The number of ether oxygens (including phenoxy) is 1. The van der Waals surface area contributed by atoms with Crippen LogP contribution in [0.2, 0.25) is 0 Å². The maximum Gasteiger partial charge on any atom is 0.305 e. The topological polar surface area (TPSA) is 75.6 Å². The molecule has 7 heteroatoms. The standard InChI is InChI=1S/C8H11N3O3S/c12-7(13)3-6-4-14-2-1-11(6)8-10-9-5-15-8/h5-6H,1-4H2,(H,12,13). The number of carboxylic acids is 1. The Kier molecular flexibility index (Phi) is 3.12. The first-order valence-corrected chi connectivity index (χ1v) is 5.47. The molecule has 15 heavy (non-hydrogen) atoms. The average molecular weight is 229 g/mol. The molecular formula is C8H11N3O3S. The third-order valence-corrected chi connectivity index (χ3v) is 2.96. The van der Waals surface area contributed by atoms with E-state index in [-0.39, 0.29) is 12.5 Å². The van der Waals surface area contributed by atoms with E-state index in [0.717, 1.165) is 5.13 Å². The van der Waals surface area contributed by atoms with Crippen LogP contribution >= 0.6 is 11.3 Å². The first kappa shape index (κ1) is 10.3. The highest BCUT2D eigenvalue weighted by Crippen LogP contribution is 2.22. The van der Waals surface area contributed by atoms with Crippen molar-refractivity contribution >= 4 is 22.4 Å². The third-order valence-electron chi connectivity index (χ3n) is 2.23. The molecule has 2 heterocycles. The largest absolute Gasteiger partial charge is 0.481 e. The highest BCUT2D eigenvalue weighted by molar-refractivity contribution is 7.13. The second kappa shape index (κ2) is 4.54. The van der Waals surface area contributed by atoms with Crippen molar-refractivity contribution in [1.82, 2.24) is 10.2 Å². The molecule has 2 rings (SSSR count). The van der Waals surface area contributed by atoms with E-state index in [0.29, 0.717) is 19.8 Å². The fourth-order valence-corrected chi connectivity index (χ4v) is 2.23. The molecular weight excluding hydrogens is 218 g/mol. The summed E-state index contributed by atoms with van der Waals surface area (Å²) < 4.78 is 5.26. The molecule has 82 valence electrons. The van der Waals surface area contributed by atoms with Crippen molar-refractivity contribution in [2.45, 2.75) is 12.5 Å². The first-order chi connectivity index (χ1) is 7.27. The number of carboxylic acid groups (broad SMARTS) is 1. The molecule has 1 aliphatic rings. The lowest BCUT2D eigenvalue weighted by molar-refractivity contribution is -0.138. The van der Waals surface area contributed by atoms with Gasteiger partial charge in [-0.25, -0.2) is 0 Å². The number of hydrogen-bond donors (Lipinski definition) is 1. The molecule has 0 aliphatic carbocycles. The van der Waals surface area contributed by atoms with Gasteiger partial charge in [-0.3, -0.25) is 4.79 Å². The molecule has 1 fully saturated rings. The first-order valence-electron chi connectivity index (χ1n) is 4.59. The van der Waals surface area contributed by atoms with Crippen molar-refractivity contribution < 1.29 is 14.6 Å². The zero-order chi connectivity index (χ0) is 10.7. The Balaban J connectivity index is 2.09. The van der Waals surface area contributed by atoms with Gasteiger partial charge >= 0.3 is 5.97 Å². The summed E-state index contributed by atoms with van der Waals surface area (Å²) in [5.41, 5.74) is 1.64. The number of nitrogens with zero attached hydrogens (tertiary/aromatic N) is 3. The van der Waals surface area contributed by atoms with Gasteiger partial charge in [0, 0.05) is 6.54 Å². The number of anilines is 1. The fraction of sp³-hybridized carbons (Fsp3) is 0.625. The number of morpholine rings is 1. The molecule has 0 spiro atoms. The molecule has 6 nitrogen and oxygen atoms in total. The summed E-state index contributed by atoms with van der Waals surface area (Å²) in [6, 6.07) is -0.135. The second-order valence-electron chi connectivity index (χ2n) is 3.24. The summed E-state index contributed by atoms with van der Waals surface area (Å²) in [5, 5.41) is 17.2. The number of hydrogen-bond acceptors (Lipinski definition) is 6. The summed E-state index contributed by atoms with van der Waals surface area (Å²) in [5.74, 6) is -0.819. The molecule has 0 saturated carbocycles. The zero-order valence-corrected chi connectivity index (χ0v) is 8.81. The summed E-state index contributed by atoms with van der Waals surface area (Å²) in [4.78, 5) is 12.6. The van der Waals surface area contributed by atoms with Crippen molar-refractivity contribution in [3.8, 4) is 0 Å². The van der Waals surface area contributed by atoms with Crippen LogP contribution in [0.4, 0.5) is 5.13 Å². The predicted octanol–water partition coefficient (Wildman–Crippen LogP) is 0.218. The number of aromatic nitrogens is 2. The SMILES string of the molecule is O=C(O)CC1COCCN1c1nncs1. The average Bonchev–Trinajstić information content (AvgIpc) is 2.70. The van der Waals surface area contributed by atoms with Gasteiger partial charge < -0.3 is 14.7 Å². The van der Waals surface area contributed by atoms with Gasteiger partial charge in [-0.1, -0.05) is 11.3 Å². The van der Waals surface area contributed by atoms with E-state index in [4.69, 9.17) is 9.84 Å². The minimum absolute atomic E-state index is 0.0690. The molecule has 1 aromatic rings. The van der Waals surface area contributed by atoms with Crippen LogP contribution in [0, 0.1) is 0 Å². The minimum Gasteiger partial charge on any atom is -0.481 e. The molecule has 0 radical (unpaired) electrons. The van der Waals surface area contributed by atoms with Crippen LogP contribution in [0.25, 0.3) is 0 Å². The summed E-state index contributed by atoms with van der Waals surface area (Å²) in [7, 11) is 0. The zero-order valence-electron chi connectivity index (χ0n) is 8.00. The van der Waals surface area contributed by atoms with Crippen molar-refractivity contribution in [2.75, 3.05) is 24.7 Å². The highest BCUT2D eigenvalue weighted by Gasteiger charge is 2.27. The van der Waals surface area contributed by atoms with Crippen LogP contribution in [0.5, 0.6) is 0 Å². The molecule has 1 saturated heterocycles. The lowest BCUT2D eigenvalue weighted by Gasteiger charge is -2.34. The second-order valence-corrected chi connectivity index (χ2v) is 4.05. The Hall–Kier alpha value is -1.21. The van der Waals surface area contributed by atoms with Crippen LogP contribution in [0.15, 0.2) is 5.51 Å². The van der Waals surface area contributed by atoms with E-state index in [9.17, 15) is 4.79 Å². The van der Waals surface area contributed by atoms with E-state index >= 15 is 0 Å². The summed E-state index contributed by atoms with van der Waals surface area (Å²) in [6.07, 6.45) is 0.0690. The number of carbonyl (C=O) groups is 1. The highest BCUT2D eigenvalue weighted by atomic mass is 32.1. The Morgan fingerprint density at radius 2 is 2.67 bits per heavy atom. The van der Waals surface area contributed by atoms with Gasteiger partial charge in [-0.2, -0.15) is 0 Å². The number of aliphatic carboxylic acids is 1. The predicted molar refractivity (Wildman–Crippen MR) is 54.1 cm³/mol. The normalized spacial score (nSPS) is 21.6. The molecule has 1 unspecified atom stereocenters. The lowest BCUT2D eigenvalue weighted by atomic mass is 10.2. The van der Waals surface area contributed by atoms with E-state index in [1.807, 2.05) is 4.90 Å². The van der Waals surface area contributed by atoms with Crippen molar-refractivity contribution in [3.63, 3.8) is 0 Å². The monoisotopic (exact) mass is 229 g/mol. The van der Waals surface area contributed by atoms with Crippen LogP contribution in [0.1, 0.15) is 6.42 Å². The van der Waals surface area contributed by atoms with Crippen LogP contribution in [-0.4, -0.2) is 47.1 Å². The molecule has 0 aromatic carbocycles. The lowest BCUT2D eigenvalue weighted by Crippen LogP contribution is -2.46. The Bertz CT molecular complexity index is 330. The van der Waals surface area contributed by atoms with Gasteiger partial charge in [0.1, 0.15) is 5.51 Å². The van der Waals surface area contributed by atoms with Crippen LogP contribution < -0.4 is 4.90 Å². The molecule has 1 N–H and O–H groups in total. The van der Waals surface area contributed by atoms with E-state index < -0.39 is 5.97 Å². The molecule has 1 aliphatic heterocycles. The van der Waals surface area contributed by atoms with Gasteiger partial charge in [0.05, 0.1) is 25.7 Å². The molecule has 0 amide bonds. The third kappa shape index (κ3) is 2.42. The van der Waals surface area contributed by atoms with E-state index in [2.05, 4.69) is 10.2 Å². The maximum absolute atomic E-state index is 10.7. The van der Waals surface area contributed by atoms with Crippen molar-refractivity contribution in [3.05, 3.63) is 5.51 Å². The van der Waals surface area contributed by atoms with Gasteiger partial charge in [0.15, 0.2) is 0 Å². The molecule has 1 atom stereocenters.